The van der Waals surface area contributed by atoms with Gasteiger partial charge in [-0.3, -0.25) is 4.90 Å². The van der Waals surface area contributed by atoms with Gasteiger partial charge in [-0.2, -0.15) is 0 Å². The second-order valence-electron chi connectivity index (χ2n) is 4.22. The van der Waals surface area contributed by atoms with Crippen molar-refractivity contribution >= 4 is 5.97 Å². The van der Waals surface area contributed by atoms with Gasteiger partial charge in [0, 0.05) is 12.6 Å². The second kappa shape index (κ2) is 4.79. The van der Waals surface area contributed by atoms with E-state index in [0.717, 1.165) is 31.5 Å². The first-order valence-electron chi connectivity index (χ1n) is 5.94. The number of piperidine rings is 1. The van der Waals surface area contributed by atoms with Crippen molar-refractivity contribution in [3.05, 3.63) is 11.6 Å². The number of fused-ring (bicyclic) bond motifs is 1. The number of ether oxygens (including phenoxy) is 1. The van der Waals surface area contributed by atoms with Crippen molar-refractivity contribution < 1.29 is 9.53 Å². The number of hydrogen-bond acceptors (Lipinski definition) is 3. The van der Waals surface area contributed by atoms with Gasteiger partial charge < -0.3 is 4.74 Å². The molecule has 2 heterocycles. The van der Waals surface area contributed by atoms with Crippen molar-refractivity contribution in [1.82, 2.24) is 4.90 Å². The molecule has 1 unspecified atom stereocenters. The molecular formula is C12H19NO2. The van der Waals surface area contributed by atoms with E-state index in [-0.39, 0.29) is 5.97 Å². The molecule has 1 atom stereocenters. The predicted octanol–water partition coefficient (Wildman–Crippen LogP) is 1.73. The normalized spacial score (nSPS) is 26.7. The minimum atomic E-state index is -0.103. The quantitative estimate of drug-likeness (QED) is 0.649. The van der Waals surface area contributed by atoms with Crippen LogP contribution in [0.1, 0.15) is 32.6 Å². The molecule has 3 heteroatoms. The van der Waals surface area contributed by atoms with Gasteiger partial charge in [-0.05, 0) is 32.7 Å². The average molecular weight is 209 g/mol. The first-order valence-corrected chi connectivity index (χ1v) is 5.94. The number of carbonyl (C=O) groups excluding carboxylic acids is 1. The predicted molar refractivity (Wildman–Crippen MR) is 58.5 cm³/mol. The van der Waals surface area contributed by atoms with E-state index < -0.39 is 0 Å². The van der Waals surface area contributed by atoms with Crippen LogP contribution in [-0.4, -0.2) is 36.6 Å². The Balaban J connectivity index is 2.08. The van der Waals surface area contributed by atoms with Crippen LogP contribution in [0.5, 0.6) is 0 Å². The molecule has 0 aromatic carbocycles. The van der Waals surface area contributed by atoms with Gasteiger partial charge in [-0.25, -0.2) is 4.79 Å². The van der Waals surface area contributed by atoms with Crippen molar-refractivity contribution in [1.29, 1.82) is 0 Å². The van der Waals surface area contributed by atoms with Crippen molar-refractivity contribution in [2.45, 2.75) is 38.6 Å². The first-order chi connectivity index (χ1) is 7.33. The Hall–Kier alpha value is -0.830. The van der Waals surface area contributed by atoms with E-state index in [1.54, 1.807) is 0 Å². The molecule has 0 amide bonds. The zero-order valence-corrected chi connectivity index (χ0v) is 9.37. The van der Waals surface area contributed by atoms with E-state index in [0.29, 0.717) is 12.6 Å². The third-order valence-electron chi connectivity index (χ3n) is 3.26. The van der Waals surface area contributed by atoms with Crippen LogP contribution >= 0.6 is 0 Å². The van der Waals surface area contributed by atoms with Gasteiger partial charge in [-0.1, -0.05) is 12.5 Å². The van der Waals surface area contributed by atoms with E-state index in [1.807, 2.05) is 6.92 Å². The molecule has 0 spiro atoms. The molecule has 1 saturated heterocycles. The SMILES string of the molecule is CCOC(=O)C1=CCCN2CCCCC12. The van der Waals surface area contributed by atoms with Crippen LogP contribution in [0.15, 0.2) is 11.6 Å². The molecule has 0 saturated carbocycles. The zero-order valence-electron chi connectivity index (χ0n) is 9.37. The van der Waals surface area contributed by atoms with E-state index in [1.165, 1.54) is 12.8 Å². The van der Waals surface area contributed by atoms with Gasteiger partial charge in [0.05, 0.1) is 12.2 Å². The Morgan fingerprint density at radius 1 is 1.53 bits per heavy atom. The third-order valence-corrected chi connectivity index (χ3v) is 3.26. The standard InChI is InChI=1S/C12H19NO2/c1-2-15-12(14)10-6-5-9-13-8-4-3-7-11(10)13/h6,11H,2-5,7-9H2,1H3. The van der Waals surface area contributed by atoms with Crippen LogP contribution in [0.2, 0.25) is 0 Å². The highest BCUT2D eigenvalue weighted by atomic mass is 16.5. The largest absolute Gasteiger partial charge is 0.463 e. The van der Waals surface area contributed by atoms with Gasteiger partial charge in [0.15, 0.2) is 0 Å². The molecule has 1 fully saturated rings. The number of esters is 1. The molecule has 2 rings (SSSR count). The van der Waals surface area contributed by atoms with Gasteiger partial charge >= 0.3 is 5.97 Å². The fourth-order valence-electron chi connectivity index (χ4n) is 2.57. The summed E-state index contributed by atoms with van der Waals surface area (Å²) >= 11 is 0. The lowest BCUT2D eigenvalue weighted by Crippen LogP contribution is -2.45. The highest BCUT2D eigenvalue weighted by Crippen LogP contribution is 2.27. The monoisotopic (exact) mass is 209 g/mol. The molecular weight excluding hydrogens is 190 g/mol. The highest BCUT2D eigenvalue weighted by Gasteiger charge is 2.31. The minimum absolute atomic E-state index is 0.103. The van der Waals surface area contributed by atoms with Crippen LogP contribution in [0.4, 0.5) is 0 Å². The minimum Gasteiger partial charge on any atom is -0.463 e. The molecule has 0 radical (unpaired) electrons. The lowest BCUT2D eigenvalue weighted by Gasteiger charge is -2.38. The Morgan fingerprint density at radius 2 is 2.40 bits per heavy atom. The van der Waals surface area contributed by atoms with Crippen molar-refractivity contribution in [2.75, 3.05) is 19.7 Å². The summed E-state index contributed by atoms with van der Waals surface area (Å²) < 4.78 is 5.10. The Labute approximate surface area is 91.1 Å². The third kappa shape index (κ3) is 2.23. The lowest BCUT2D eigenvalue weighted by atomic mass is 9.91. The fraction of sp³-hybridized carbons (Fsp3) is 0.750. The summed E-state index contributed by atoms with van der Waals surface area (Å²) in [6.07, 6.45) is 6.68. The number of nitrogens with zero attached hydrogens (tertiary/aromatic N) is 1. The van der Waals surface area contributed by atoms with E-state index >= 15 is 0 Å². The summed E-state index contributed by atoms with van der Waals surface area (Å²) in [4.78, 5) is 14.2. The Morgan fingerprint density at radius 3 is 3.20 bits per heavy atom. The molecule has 0 aromatic rings. The van der Waals surface area contributed by atoms with E-state index in [2.05, 4.69) is 11.0 Å². The maximum atomic E-state index is 11.7. The summed E-state index contributed by atoms with van der Waals surface area (Å²) in [6, 6.07) is 0.339. The fourth-order valence-corrected chi connectivity index (χ4v) is 2.57. The zero-order chi connectivity index (χ0) is 10.7. The first kappa shape index (κ1) is 10.7. The van der Waals surface area contributed by atoms with Gasteiger partial charge in [0.2, 0.25) is 0 Å². The summed E-state index contributed by atoms with van der Waals surface area (Å²) in [5.41, 5.74) is 0.905. The second-order valence-corrected chi connectivity index (χ2v) is 4.22. The van der Waals surface area contributed by atoms with Crippen molar-refractivity contribution in [3.63, 3.8) is 0 Å². The maximum Gasteiger partial charge on any atom is 0.335 e. The molecule has 2 aliphatic heterocycles. The van der Waals surface area contributed by atoms with Crippen LogP contribution < -0.4 is 0 Å². The summed E-state index contributed by atoms with van der Waals surface area (Å²) in [6.45, 7) is 4.58. The molecule has 15 heavy (non-hydrogen) atoms. The molecule has 2 aliphatic rings. The average Bonchev–Trinajstić information content (AvgIpc) is 2.28. The smallest absolute Gasteiger partial charge is 0.335 e. The van der Waals surface area contributed by atoms with Crippen molar-refractivity contribution in [3.8, 4) is 0 Å². The van der Waals surface area contributed by atoms with Crippen LogP contribution in [0.3, 0.4) is 0 Å². The molecule has 3 nitrogen and oxygen atoms in total. The summed E-state index contributed by atoms with van der Waals surface area (Å²) in [5.74, 6) is -0.103. The molecule has 0 bridgehead atoms. The van der Waals surface area contributed by atoms with E-state index in [4.69, 9.17) is 4.74 Å². The number of hydrogen-bond donors (Lipinski definition) is 0. The van der Waals surface area contributed by atoms with E-state index in [9.17, 15) is 4.79 Å². The molecule has 84 valence electrons. The van der Waals surface area contributed by atoms with Gasteiger partial charge in [-0.15, -0.1) is 0 Å². The highest BCUT2D eigenvalue weighted by molar-refractivity contribution is 5.90. The molecule has 0 aliphatic carbocycles. The number of carbonyl (C=O) groups is 1. The van der Waals surface area contributed by atoms with Gasteiger partial charge in [0.1, 0.15) is 0 Å². The topological polar surface area (TPSA) is 29.5 Å². The van der Waals surface area contributed by atoms with Crippen LogP contribution in [0.25, 0.3) is 0 Å². The van der Waals surface area contributed by atoms with Crippen molar-refractivity contribution in [2.24, 2.45) is 0 Å². The summed E-state index contributed by atoms with van der Waals surface area (Å²) in [5, 5.41) is 0. The Kier molecular flexibility index (Phi) is 3.41. The van der Waals surface area contributed by atoms with Crippen LogP contribution in [-0.2, 0) is 9.53 Å². The van der Waals surface area contributed by atoms with Crippen LogP contribution in [0, 0.1) is 0 Å². The Bertz CT molecular complexity index is 273. The lowest BCUT2D eigenvalue weighted by molar-refractivity contribution is -0.139. The molecule has 0 N–H and O–H groups in total. The summed E-state index contributed by atoms with van der Waals surface area (Å²) in [7, 11) is 0. The molecule has 0 aromatic heterocycles. The van der Waals surface area contributed by atoms with Gasteiger partial charge in [0.25, 0.3) is 0 Å². The maximum absolute atomic E-state index is 11.7. The number of rotatable bonds is 2.